The van der Waals surface area contributed by atoms with Gasteiger partial charge in [0.15, 0.2) is 5.82 Å². The van der Waals surface area contributed by atoms with Crippen LogP contribution < -0.4 is 5.32 Å². The fourth-order valence-corrected chi connectivity index (χ4v) is 2.39. The van der Waals surface area contributed by atoms with Crippen LogP contribution in [0.3, 0.4) is 0 Å². The van der Waals surface area contributed by atoms with Gasteiger partial charge in [0.2, 0.25) is 5.91 Å². The first-order valence-corrected chi connectivity index (χ1v) is 6.61. The summed E-state index contributed by atoms with van der Waals surface area (Å²) in [5, 5.41) is 16.7. The van der Waals surface area contributed by atoms with Crippen molar-refractivity contribution in [3.8, 4) is 0 Å². The minimum Gasteiger partial charge on any atom is -0.325 e. The number of hydrogen-bond acceptors (Lipinski definition) is 5. The van der Waals surface area contributed by atoms with Crippen molar-refractivity contribution in [3.63, 3.8) is 0 Å². The zero-order valence-electron chi connectivity index (χ0n) is 11.5. The van der Waals surface area contributed by atoms with E-state index in [9.17, 15) is 4.79 Å². The number of aromatic amines is 1. The summed E-state index contributed by atoms with van der Waals surface area (Å²) in [6.07, 6.45) is 4.76. The largest absolute Gasteiger partial charge is 0.325 e. The fraction of sp³-hybridized carbons (Fsp3) is 0.462. The summed E-state index contributed by atoms with van der Waals surface area (Å²) in [5.74, 6) is 0.222. The normalized spacial score (nSPS) is 14.1. The average molecular weight is 272 g/mol. The molecule has 0 aromatic carbocycles. The summed E-state index contributed by atoms with van der Waals surface area (Å²) < 4.78 is 0. The van der Waals surface area contributed by atoms with Gasteiger partial charge in [-0.3, -0.25) is 9.78 Å². The van der Waals surface area contributed by atoms with Crippen LogP contribution in [-0.4, -0.2) is 31.5 Å². The highest BCUT2D eigenvalue weighted by molar-refractivity contribution is 5.98. The molecule has 0 spiro atoms. The van der Waals surface area contributed by atoms with Crippen molar-refractivity contribution in [1.29, 1.82) is 0 Å². The van der Waals surface area contributed by atoms with Crippen molar-refractivity contribution >= 4 is 11.6 Å². The van der Waals surface area contributed by atoms with E-state index in [1.807, 2.05) is 6.07 Å². The number of carbonyl (C=O) groups is 1. The van der Waals surface area contributed by atoms with Gasteiger partial charge in [-0.1, -0.05) is 5.21 Å². The van der Waals surface area contributed by atoms with E-state index < -0.39 is 5.41 Å². The van der Waals surface area contributed by atoms with E-state index >= 15 is 0 Å². The lowest BCUT2D eigenvalue weighted by Crippen LogP contribution is -2.36. The van der Waals surface area contributed by atoms with Crippen LogP contribution in [0.2, 0.25) is 0 Å². The van der Waals surface area contributed by atoms with Crippen LogP contribution in [0, 0.1) is 0 Å². The zero-order valence-corrected chi connectivity index (χ0v) is 11.5. The molecule has 0 saturated carbocycles. The number of pyridine rings is 1. The number of anilines is 1. The third-order valence-electron chi connectivity index (χ3n) is 3.71. The lowest BCUT2D eigenvalue weighted by molar-refractivity contribution is -0.120. The van der Waals surface area contributed by atoms with E-state index in [1.165, 1.54) is 0 Å². The molecule has 20 heavy (non-hydrogen) atoms. The smallest absolute Gasteiger partial charge is 0.237 e. The van der Waals surface area contributed by atoms with Crippen LogP contribution in [0.5, 0.6) is 0 Å². The number of tetrazole rings is 1. The summed E-state index contributed by atoms with van der Waals surface area (Å²) in [5.41, 5.74) is 2.22. The molecule has 0 saturated heterocycles. The Balaban J connectivity index is 1.85. The standard InChI is InChI=1S/C13H16N6O/c1-13(2,11-16-18-19-17-11)12(20)15-10-6-7-14-9-5-3-4-8(9)10/h6-7H,3-5H2,1-2H3,(H,14,15,20)(H,16,17,18,19). The second-order valence-corrected chi connectivity index (χ2v) is 5.45. The van der Waals surface area contributed by atoms with Crippen molar-refractivity contribution in [2.75, 3.05) is 5.32 Å². The maximum atomic E-state index is 12.5. The van der Waals surface area contributed by atoms with Gasteiger partial charge in [0.05, 0.1) is 0 Å². The molecule has 1 amide bonds. The maximum absolute atomic E-state index is 12.5. The molecule has 2 heterocycles. The Hall–Kier alpha value is -2.31. The summed E-state index contributed by atoms with van der Waals surface area (Å²) in [6.45, 7) is 3.54. The van der Waals surface area contributed by atoms with E-state index in [4.69, 9.17) is 0 Å². The summed E-state index contributed by atoms with van der Waals surface area (Å²) in [7, 11) is 0. The van der Waals surface area contributed by atoms with Gasteiger partial charge < -0.3 is 5.32 Å². The molecule has 3 rings (SSSR count). The first-order valence-electron chi connectivity index (χ1n) is 6.61. The Morgan fingerprint density at radius 1 is 1.40 bits per heavy atom. The summed E-state index contributed by atoms with van der Waals surface area (Å²) >= 11 is 0. The molecule has 2 aromatic rings. The Labute approximate surface area is 116 Å². The molecule has 0 fully saturated rings. The molecule has 0 unspecified atom stereocenters. The zero-order chi connectivity index (χ0) is 14.2. The quantitative estimate of drug-likeness (QED) is 0.868. The van der Waals surface area contributed by atoms with Crippen molar-refractivity contribution in [2.45, 2.75) is 38.5 Å². The van der Waals surface area contributed by atoms with E-state index in [2.05, 4.69) is 30.9 Å². The topological polar surface area (TPSA) is 96.5 Å². The predicted molar refractivity (Wildman–Crippen MR) is 72.1 cm³/mol. The molecule has 7 heteroatoms. The maximum Gasteiger partial charge on any atom is 0.237 e. The molecular formula is C13H16N6O. The SMILES string of the molecule is CC(C)(C(=O)Nc1ccnc2c1CCC2)c1nn[nH]n1. The molecule has 0 aliphatic heterocycles. The second kappa shape index (κ2) is 4.66. The minimum atomic E-state index is -0.845. The van der Waals surface area contributed by atoms with Crippen molar-refractivity contribution < 1.29 is 4.79 Å². The van der Waals surface area contributed by atoms with Gasteiger partial charge in [0.1, 0.15) is 5.41 Å². The number of aryl methyl sites for hydroxylation is 1. The number of hydrogen-bond donors (Lipinski definition) is 2. The van der Waals surface area contributed by atoms with Gasteiger partial charge in [0, 0.05) is 17.6 Å². The van der Waals surface area contributed by atoms with Gasteiger partial charge in [-0.05, 0) is 44.7 Å². The highest BCUT2D eigenvalue weighted by Crippen LogP contribution is 2.28. The lowest BCUT2D eigenvalue weighted by atomic mass is 9.91. The molecule has 0 radical (unpaired) electrons. The van der Waals surface area contributed by atoms with Crippen LogP contribution in [0.15, 0.2) is 12.3 Å². The van der Waals surface area contributed by atoms with Gasteiger partial charge in [-0.2, -0.15) is 5.21 Å². The number of amides is 1. The number of aromatic nitrogens is 5. The van der Waals surface area contributed by atoms with Crippen LogP contribution in [0.1, 0.15) is 37.4 Å². The number of nitrogens with one attached hydrogen (secondary N) is 2. The summed E-state index contributed by atoms with van der Waals surface area (Å²) in [4.78, 5) is 16.8. The molecule has 1 aliphatic rings. The summed E-state index contributed by atoms with van der Waals surface area (Å²) in [6, 6.07) is 1.84. The van der Waals surface area contributed by atoms with Gasteiger partial charge in [-0.25, -0.2) is 0 Å². The average Bonchev–Trinajstić information content (AvgIpc) is 3.10. The number of fused-ring (bicyclic) bond motifs is 1. The van der Waals surface area contributed by atoms with Crippen LogP contribution in [-0.2, 0) is 23.1 Å². The Morgan fingerprint density at radius 3 is 3.00 bits per heavy atom. The molecule has 7 nitrogen and oxygen atoms in total. The molecule has 2 aromatic heterocycles. The Bertz CT molecular complexity index is 634. The molecule has 2 N–H and O–H groups in total. The van der Waals surface area contributed by atoms with Crippen molar-refractivity contribution in [2.24, 2.45) is 0 Å². The first kappa shape index (κ1) is 12.7. The lowest BCUT2D eigenvalue weighted by Gasteiger charge is -2.20. The molecule has 0 atom stereocenters. The van der Waals surface area contributed by atoms with E-state index in [1.54, 1.807) is 20.0 Å². The molecule has 104 valence electrons. The van der Waals surface area contributed by atoms with Gasteiger partial charge in [-0.15, -0.1) is 10.2 Å². The van der Waals surface area contributed by atoms with E-state index in [0.717, 1.165) is 36.2 Å². The van der Waals surface area contributed by atoms with Crippen LogP contribution in [0.4, 0.5) is 5.69 Å². The Morgan fingerprint density at radius 2 is 2.25 bits per heavy atom. The molecule has 0 bridgehead atoms. The minimum absolute atomic E-state index is 0.154. The number of carbonyl (C=O) groups excluding carboxylic acids is 1. The van der Waals surface area contributed by atoms with Gasteiger partial charge in [0.25, 0.3) is 0 Å². The van der Waals surface area contributed by atoms with Crippen molar-refractivity contribution in [3.05, 3.63) is 29.3 Å². The monoisotopic (exact) mass is 272 g/mol. The molecular weight excluding hydrogens is 256 g/mol. The fourth-order valence-electron chi connectivity index (χ4n) is 2.39. The van der Waals surface area contributed by atoms with Crippen LogP contribution in [0.25, 0.3) is 0 Å². The number of rotatable bonds is 3. The van der Waals surface area contributed by atoms with Crippen LogP contribution >= 0.6 is 0 Å². The van der Waals surface area contributed by atoms with Crippen molar-refractivity contribution in [1.82, 2.24) is 25.6 Å². The number of nitrogens with zero attached hydrogens (tertiary/aromatic N) is 4. The third-order valence-corrected chi connectivity index (χ3v) is 3.71. The second-order valence-electron chi connectivity index (χ2n) is 5.45. The third kappa shape index (κ3) is 2.04. The number of H-pyrrole nitrogens is 1. The predicted octanol–water partition coefficient (Wildman–Crippen LogP) is 1.000. The highest BCUT2D eigenvalue weighted by atomic mass is 16.2. The Kier molecular flexibility index (Phi) is 2.96. The van der Waals surface area contributed by atoms with E-state index in [0.29, 0.717) is 5.82 Å². The molecule has 1 aliphatic carbocycles. The van der Waals surface area contributed by atoms with E-state index in [-0.39, 0.29) is 5.91 Å². The van der Waals surface area contributed by atoms with Gasteiger partial charge >= 0.3 is 0 Å². The highest BCUT2D eigenvalue weighted by Gasteiger charge is 2.34. The first-order chi connectivity index (χ1) is 9.59.